The summed E-state index contributed by atoms with van der Waals surface area (Å²) in [7, 11) is 0. The van der Waals surface area contributed by atoms with Crippen LogP contribution >= 0.6 is 31.9 Å². The molecule has 1 N–H and O–H groups in total. The monoisotopic (exact) mass is 356 g/mol. The average Bonchev–Trinajstić information content (AvgIpc) is 2.73. The number of nitrogens with zero attached hydrogens (tertiary/aromatic N) is 3. The van der Waals surface area contributed by atoms with Crippen LogP contribution in [0.2, 0.25) is 0 Å². The van der Waals surface area contributed by atoms with Gasteiger partial charge in [-0.1, -0.05) is 6.58 Å². The molecule has 0 spiro atoms. The third kappa shape index (κ3) is 3.41. The van der Waals surface area contributed by atoms with Gasteiger partial charge in [-0.3, -0.25) is 0 Å². The molecule has 0 unspecified atom stereocenters. The molecule has 2 aromatic heterocycles. The third-order valence-electron chi connectivity index (χ3n) is 2.10. The van der Waals surface area contributed by atoms with Gasteiger partial charge < -0.3 is 5.32 Å². The summed E-state index contributed by atoms with van der Waals surface area (Å²) in [5, 5.41) is 7.40. The van der Waals surface area contributed by atoms with E-state index in [-0.39, 0.29) is 0 Å². The highest BCUT2D eigenvalue weighted by Crippen LogP contribution is 2.20. The van der Waals surface area contributed by atoms with Crippen LogP contribution in [0.5, 0.6) is 0 Å². The number of halogens is 2. The van der Waals surface area contributed by atoms with E-state index in [1.807, 2.05) is 18.3 Å². The first-order valence-corrected chi connectivity index (χ1v) is 6.48. The van der Waals surface area contributed by atoms with Crippen LogP contribution in [0.25, 0.3) is 6.20 Å². The Labute approximate surface area is 116 Å². The second-order valence-electron chi connectivity index (χ2n) is 3.37. The standard InChI is InChI=1S/C11H10Br2N4/c1-2-17-7-8(6-15-17)5-14-9-3-10(12)16-11(13)4-9/h2-4,6-7H,1,5H2,(H,14,16). The van der Waals surface area contributed by atoms with Gasteiger partial charge in [-0.2, -0.15) is 5.10 Å². The smallest absolute Gasteiger partial charge is 0.109 e. The Balaban J connectivity index is 2.04. The zero-order valence-electron chi connectivity index (χ0n) is 8.90. The minimum absolute atomic E-state index is 0.705. The highest BCUT2D eigenvalue weighted by atomic mass is 79.9. The van der Waals surface area contributed by atoms with Gasteiger partial charge in [0.25, 0.3) is 0 Å². The summed E-state index contributed by atoms with van der Waals surface area (Å²) in [6, 6.07) is 3.84. The quantitative estimate of drug-likeness (QED) is 0.851. The van der Waals surface area contributed by atoms with E-state index < -0.39 is 0 Å². The molecule has 2 heterocycles. The van der Waals surface area contributed by atoms with Gasteiger partial charge in [0.2, 0.25) is 0 Å². The van der Waals surface area contributed by atoms with Crippen molar-refractivity contribution in [1.29, 1.82) is 0 Å². The molecular formula is C11H10Br2N4. The maximum absolute atomic E-state index is 4.17. The summed E-state index contributed by atoms with van der Waals surface area (Å²) in [5.74, 6) is 0. The largest absolute Gasteiger partial charge is 0.381 e. The number of hydrogen-bond donors (Lipinski definition) is 1. The van der Waals surface area contributed by atoms with Gasteiger partial charge in [0, 0.05) is 30.2 Å². The van der Waals surface area contributed by atoms with Crippen molar-refractivity contribution in [1.82, 2.24) is 14.8 Å². The van der Waals surface area contributed by atoms with Crippen molar-refractivity contribution in [3.63, 3.8) is 0 Å². The van der Waals surface area contributed by atoms with E-state index in [0.717, 1.165) is 20.5 Å². The second-order valence-corrected chi connectivity index (χ2v) is 4.99. The maximum atomic E-state index is 4.17. The SMILES string of the molecule is C=Cn1cc(CNc2cc(Br)nc(Br)c2)cn1. The summed E-state index contributed by atoms with van der Waals surface area (Å²) in [4.78, 5) is 4.17. The first-order chi connectivity index (χ1) is 8.17. The molecule has 0 radical (unpaired) electrons. The number of rotatable bonds is 4. The predicted molar refractivity (Wildman–Crippen MR) is 75.6 cm³/mol. The first kappa shape index (κ1) is 12.3. The van der Waals surface area contributed by atoms with E-state index in [0.29, 0.717) is 6.54 Å². The van der Waals surface area contributed by atoms with Crippen molar-refractivity contribution in [3.05, 3.63) is 45.9 Å². The van der Waals surface area contributed by atoms with Crippen LogP contribution in [0.15, 0.2) is 40.3 Å². The predicted octanol–water partition coefficient (Wildman–Crippen LogP) is 3.52. The lowest BCUT2D eigenvalue weighted by atomic mass is 10.3. The summed E-state index contributed by atoms with van der Waals surface area (Å²) in [5.41, 5.74) is 2.08. The molecule has 0 amide bonds. The summed E-state index contributed by atoms with van der Waals surface area (Å²) in [6.45, 7) is 4.35. The van der Waals surface area contributed by atoms with Gasteiger partial charge in [-0.05, 0) is 44.0 Å². The molecule has 0 bridgehead atoms. The van der Waals surface area contributed by atoms with Crippen molar-refractivity contribution in [2.75, 3.05) is 5.32 Å². The molecule has 0 saturated carbocycles. The third-order valence-corrected chi connectivity index (χ3v) is 2.91. The van der Waals surface area contributed by atoms with Crippen LogP contribution in [0.3, 0.4) is 0 Å². The summed E-state index contributed by atoms with van der Waals surface area (Å²) >= 11 is 6.69. The van der Waals surface area contributed by atoms with Crippen LogP contribution in [0.4, 0.5) is 5.69 Å². The second kappa shape index (κ2) is 5.46. The molecule has 0 saturated heterocycles. The summed E-state index contributed by atoms with van der Waals surface area (Å²) < 4.78 is 3.25. The minimum Gasteiger partial charge on any atom is -0.381 e. The van der Waals surface area contributed by atoms with Gasteiger partial charge >= 0.3 is 0 Å². The van der Waals surface area contributed by atoms with E-state index in [9.17, 15) is 0 Å². The average molecular weight is 358 g/mol. The molecule has 0 aliphatic heterocycles. The zero-order chi connectivity index (χ0) is 12.3. The molecular weight excluding hydrogens is 348 g/mol. The van der Waals surface area contributed by atoms with Crippen molar-refractivity contribution in [2.45, 2.75) is 6.54 Å². The van der Waals surface area contributed by atoms with Crippen molar-refractivity contribution < 1.29 is 0 Å². The molecule has 2 rings (SSSR count). The molecule has 0 aliphatic rings. The highest BCUT2D eigenvalue weighted by Gasteiger charge is 2.00. The molecule has 0 fully saturated rings. The molecule has 88 valence electrons. The van der Waals surface area contributed by atoms with E-state index in [2.05, 4.69) is 53.8 Å². The molecule has 0 atom stereocenters. The topological polar surface area (TPSA) is 42.7 Å². The Morgan fingerprint density at radius 1 is 1.35 bits per heavy atom. The Hall–Kier alpha value is -1.14. The minimum atomic E-state index is 0.705. The number of nitrogens with one attached hydrogen (secondary N) is 1. The highest BCUT2D eigenvalue weighted by molar-refractivity contribution is 9.11. The zero-order valence-corrected chi connectivity index (χ0v) is 12.1. The number of aromatic nitrogens is 3. The van der Waals surface area contributed by atoms with E-state index in [1.165, 1.54) is 0 Å². The number of hydrogen-bond acceptors (Lipinski definition) is 3. The Kier molecular flexibility index (Phi) is 3.96. The lowest BCUT2D eigenvalue weighted by Crippen LogP contribution is -1.98. The molecule has 17 heavy (non-hydrogen) atoms. The molecule has 4 nitrogen and oxygen atoms in total. The van der Waals surface area contributed by atoms with E-state index in [1.54, 1.807) is 17.1 Å². The Morgan fingerprint density at radius 3 is 2.65 bits per heavy atom. The number of pyridine rings is 1. The van der Waals surface area contributed by atoms with Crippen LogP contribution < -0.4 is 5.32 Å². The van der Waals surface area contributed by atoms with E-state index >= 15 is 0 Å². The van der Waals surface area contributed by atoms with E-state index in [4.69, 9.17) is 0 Å². The van der Waals surface area contributed by atoms with Crippen molar-refractivity contribution in [2.24, 2.45) is 0 Å². The van der Waals surface area contributed by atoms with Gasteiger partial charge in [0.1, 0.15) is 9.21 Å². The Morgan fingerprint density at radius 2 is 2.06 bits per heavy atom. The van der Waals surface area contributed by atoms with Crippen LogP contribution in [0, 0.1) is 0 Å². The lowest BCUT2D eigenvalue weighted by Gasteiger charge is -2.05. The lowest BCUT2D eigenvalue weighted by molar-refractivity contribution is 0.936. The summed E-state index contributed by atoms with van der Waals surface area (Å²) in [6.07, 6.45) is 5.38. The van der Waals surface area contributed by atoms with Crippen LogP contribution in [-0.4, -0.2) is 14.8 Å². The van der Waals surface area contributed by atoms with Gasteiger partial charge in [-0.25, -0.2) is 9.67 Å². The maximum Gasteiger partial charge on any atom is 0.109 e. The normalized spacial score (nSPS) is 10.2. The number of anilines is 1. The fourth-order valence-electron chi connectivity index (χ4n) is 1.34. The Bertz CT molecular complexity index is 516. The molecule has 0 aliphatic carbocycles. The molecule has 0 aromatic carbocycles. The van der Waals surface area contributed by atoms with Crippen molar-refractivity contribution >= 4 is 43.7 Å². The van der Waals surface area contributed by atoms with Gasteiger partial charge in [-0.15, -0.1) is 0 Å². The van der Waals surface area contributed by atoms with Gasteiger partial charge in [0.15, 0.2) is 0 Å². The van der Waals surface area contributed by atoms with Crippen molar-refractivity contribution in [3.8, 4) is 0 Å². The van der Waals surface area contributed by atoms with Gasteiger partial charge in [0.05, 0.1) is 6.20 Å². The molecule has 2 aromatic rings. The first-order valence-electron chi connectivity index (χ1n) is 4.90. The van der Waals surface area contributed by atoms with Crippen LogP contribution in [0.1, 0.15) is 5.56 Å². The fourth-order valence-corrected chi connectivity index (χ4v) is 2.45. The fraction of sp³-hybridized carbons (Fsp3) is 0.0909. The van der Waals surface area contributed by atoms with Crippen LogP contribution in [-0.2, 0) is 6.54 Å². The molecule has 6 heteroatoms.